The van der Waals surface area contributed by atoms with Crippen LogP contribution in [0, 0.1) is 0 Å². The Hall–Kier alpha value is -3.98. The van der Waals surface area contributed by atoms with Crippen molar-refractivity contribution in [3.05, 3.63) is 114 Å². The van der Waals surface area contributed by atoms with Gasteiger partial charge >= 0.3 is 0 Å². The number of hydrogen-bond acceptors (Lipinski definition) is 3. The lowest BCUT2D eigenvalue weighted by molar-refractivity contribution is 0.631. The first kappa shape index (κ1) is 18.8. The Kier molecular flexibility index (Phi) is 4.12. The van der Waals surface area contributed by atoms with E-state index in [9.17, 15) is 0 Å². The van der Waals surface area contributed by atoms with E-state index in [1.165, 1.54) is 11.1 Å². The third-order valence-corrected chi connectivity index (χ3v) is 6.48. The van der Waals surface area contributed by atoms with Gasteiger partial charge in [0.25, 0.3) is 0 Å². The second-order valence-electron chi connectivity index (χ2n) is 8.75. The Morgan fingerprint density at radius 2 is 1.16 bits per heavy atom. The SMILES string of the molecule is CC1(C)c2ccccc2N(c2nc(-c3ccccc3)c3ccccc3n2)c2ccccc21. The van der Waals surface area contributed by atoms with Crippen molar-refractivity contribution in [3.8, 4) is 11.3 Å². The minimum Gasteiger partial charge on any atom is -0.279 e. The van der Waals surface area contributed by atoms with Crippen LogP contribution in [0.2, 0.25) is 0 Å². The molecule has 1 aliphatic rings. The van der Waals surface area contributed by atoms with Gasteiger partial charge in [0, 0.05) is 16.4 Å². The molecule has 2 heterocycles. The van der Waals surface area contributed by atoms with Crippen LogP contribution >= 0.6 is 0 Å². The highest BCUT2D eigenvalue weighted by Gasteiger charge is 2.37. The Morgan fingerprint density at radius 3 is 1.84 bits per heavy atom. The molecule has 6 rings (SSSR count). The third-order valence-electron chi connectivity index (χ3n) is 6.48. The van der Waals surface area contributed by atoms with Crippen LogP contribution in [0.1, 0.15) is 25.0 Å². The predicted octanol–water partition coefficient (Wildman–Crippen LogP) is 7.41. The van der Waals surface area contributed by atoms with Gasteiger partial charge in [0.1, 0.15) is 0 Å². The topological polar surface area (TPSA) is 29.0 Å². The summed E-state index contributed by atoms with van der Waals surface area (Å²) in [5, 5.41) is 1.06. The third kappa shape index (κ3) is 2.75. The van der Waals surface area contributed by atoms with Crippen molar-refractivity contribution in [2.75, 3.05) is 4.90 Å². The molecule has 3 heteroatoms. The van der Waals surface area contributed by atoms with E-state index in [4.69, 9.17) is 9.97 Å². The summed E-state index contributed by atoms with van der Waals surface area (Å²) >= 11 is 0. The van der Waals surface area contributed by atoms with E-state index in [-0.39, 0.29) is 5.41 Å². The first-order valence-electron chi connectivity index (χ1n) is 11.0. The van der Waals surface area contributed by atoms with Gasteiger partial charge in [-0.15, -0.1) is 0 Å². The van der Waals surface area contributed by atoms with E-state index < -0.39 is 0 Å². The lowest BCUT2D eigenvalue weighted by Gasteiger charge is -2.41. The summed E-state index contributed by atoms with van der Waals surface area (Å²) in [6.45, 7) is 4.58. The quantitative estimate of drug-likeness (QED) is 0.302. The molecular weight excluding hydrogens is 390 g/mol. The maximum Gasteiger partial charge on any atom is 0.235 e. The van der Waals surface area contributed by atoms with Gasteiger partial charge < -0.3 is 0 Å². The van der Waals surface area contributed by atoms with Gasteiger partial charge in [-0.05, 0) is 29.3 Å². The molecule has 0 aliphatic carbocycles. The maximum absolute atomic E-state index is 5.16. The van der Waals surface area contributed by atoms with Crippen LogP contribution < -0.4 is 4.90 Å². The predicted molar refractivity (Wildman–Crippen MR) is 132 cm³/mol. The minimum absolute atomic E-state index is 0.108. The minimum atomic E-state index is -0.108. The smallest absolute Gasteiger partial charge is 0.235 e. The van der Waals surface area contributed by atoms with Crippen molar-refractivity contribution in [2.45, 2.75) is 19.3 Å². The molecule has 0 amide bonds. The molecular formula is C29H23N3. The molecule has 3 nitrogen and oxygen atoms in total. The second kappa shape index (κ2) is 7.03. The summed E-state index contributed by atoms with van der Waals surface area (Å²) in [4.78, 5) is 12.4. The Labute approximate surface area is 188 Å². The molecule has 154 valence electrons. The molecule has 0 spiro atoms. The summed E-state index contributed by atoms with van der Waals surface area (Å²) in [7, 11) is 0. The van der Waals surface area contributed by atoms with Crippen molar-refractivity contribution in [1.82, 2.24) is 9.97 Å². The molecule has 32 heavy (non-hydrogen) atoms. The number of anilines is 3. The van der Waals surface area contributed by atoms with E-state index in [0.29, 0.717) is 5.95 Å². The number of hydrogen-bond donors (Lipinski definition) is 0. The molecule has 0 radical (unpaired) electrons. The number of aromatic nitrogens is 2. The molecule has 0 fully saturated rings. The summed E-state index contributed by atoms with van der Waals surface area (Å²) in [6, 6.07) is 35.8. The summed E-state index contributed by atoms with van der Waals surface area (Å²) in [5.41, 5.74) is 7.68. The lowest BCUT2D eigenvalue weighted by atomic mass is 9.74. The summed E-state index contributed by atoms with van der Waals surface area (Å²) in [6.07, 6.45) is 0. The highest BCUT2D eigenvalue weighted by Crippen LogP contribution is 2.51. The molecule has 0 saturated heterocycles. The molecule has 1 aliphatic heterocycles. The molecule has 1 aromatic heterocycles. The van der Waals surface area contributed by atoms with Gasteiger partial charge in [0.15, 0.2) is 0 Å². The van der Waals surface area contributed by atoms with Crippen LogP contribution in [0.5, 0.6) is 0 Å². The van der Waals surface area contributed by atoms with E-state index in [0.717, 1.165) is 33.5 Å². The fourth-order valence-corrected chi connectivity index (χ4v) is 4.87. The monoisotopic (exact) mass is 413 g/mol. The van der Waals surface area contributed by atoms with Crippen LogP contribution in [-0.4, -0.2) is 9.97 Å². The van der Waals surface area contributed by atoms with Gasteiger partial charge in [-0.25, -0.2) is 9.97 Å². The zero-order chi connectivity index (χ0) is 21.7. The number of rotatable bonds is 2. The standard InChI is InChI=1S/C29H23N3/c1-29(2)22-15-7-10-18-25(22)32(26-19-11-8-16-23(26)29)28-30-24-17-9-6-14-21(24)27(31-28)20-12-4-3-5-13-20/h3-19H,1-2H3. The maximum atomic E-state index is 5.16. The Morgan fingerprint density at radius 1 is 0.594 bits per heavy atom. The van der Waals surface area contributed by atoms with Crippen molar-refractivity contribution in [1.29, 1.82) is 0 Å². The number of para-hydroxylation sites is 3. The van der Waals surface area contributed by atoms with Gasteiger partial charge in [-0.1, -0.05) is 98.8 Å². The fourth-order valence-electron chi connectivity index (χ4n) is 4.87. The second-order valence-corrected chi connectivity index (χ2v) is 8.75. The van der Waals surface area contributed by atoms with Crippen molar-refractivity contribution < 1.29 is 0 Å². The molecule has 0 N–H and O–H groups in total. The molecule has 0 atom stereocenters. The molecule has 0 unspecified atom stereocenters. The average Bonchev–Trinajstić information content (AvgIpc) is 2.84. The fraction of sp³-hybridized carbons (Fsp3) is 0.103. The van der Waals surface area contributed by atoms with Gasteiger partial charge in [-0.2, -0.15) is 0 Å². The largest absolute Gasteiger partial charge is 0.279 e. The summed E-state index contributed by atoms with van der Waals surface area (Å²) < 4.78 is 0. The van der Waals surface area contributed by atoms with E-state index >= 15 is 0 Å². The highest BCUT2D eigenvalue weighted by atomic mass is 15.3. The Balaban J connectivity index is 1.67. The van der Waals surface area contributed by atoms with Gasteiger partial charge in [-0.3, -0.25) is 4.90 Å². The van der Waals surface area contributed by atoms with E-state index in [2.05, 4.69) is 104 Å². The van der Waals surface area contributed by atoms with Gasteiger partial charge in [0.05, 0.1) is 22.6 Å². The first-order chi connectivity index (χ1) is 15.6. The Bertz CT molecular complexity index is 1400. The zero-order valence-electron chi connectivity index (χ0n) is 18.2. The molecule has 0 saturated carbocycles. The van der Waals surface area contributed by atoms with Crippen LogP contribution in [0.3, 0.4) is 0 Å². The number of fused-ring (bicyclic) bond motifs is 3. The lowest BCUT2D eigenvalue weighted by Crippen LogP contribution is -2.31. The van der Waals surface area contributed by atoms with Crippen molar-refractivity contribution in [3.63, 3.8) is 0 Å². The van der Waals surface area contributed by atoms with Crippen molar-refractivity contribution in [2.24, 2.45) is 0 Å². The first-order valence-corrected chi connectivity index (χ1v) is 11.0. The number of nitrogens with zero attached hydrogens (tertiary/aromatic N) is 3. The van der Waals surface area contributed by atoms with Crippen LogP contribution in [0.4, 0.5) is 17.3 Å². The van der Waals surface area contributed by atoms with E-state index in [1.807, 2.05) is 18.2 Å². The van der Waals surface area contributed by atoms with E-state index in [1.54, 1.807) is 0 Å². The zero-order valence-corrected chi connectivity index (χ0v) is 18.2. The van der Waals surface area contributed by atoms with Crippen LogP contribution in [-0.2, 0) is 5.41 Å². The van der Waals surface area contributed by atoms with Crippen LogP contribution in [0.15, 0.2) is 103 Å². The normalized spacial score (nSPS) is 14.1. The number of benzene rings is 4. The molecule has 0 bridgehead atoms. The average molecular weight is 414 g/mol. The van der Waals surface area contributed by atoms with Gasteiger partial charge in [0.2, 0.25) is 5.95 Å². The molecule has 5 aromatic rings. The summed E-state index contributed by atoms with van der Waals surface area (Å²) in [5.74, 6) is 0.693. The van der Waals surface area contributed by atoms with Crippen LogP contribution in [0.25, 0.3) is 22.2 Å². The molecule has 4 aromatic carbocycles. The highest BCUT2D eigenvalue weighted by molar-refractivity contribution is 5.94. The van der Waals surface area contributed by atoms with Crippen molar-refractivity contribution >= 4 is 28.2 Å².